The average molecular weight is 338 g/mol. The SMILES string of the molecule is [B]Cc1ccc(C(=O)OC(CS(=O)(=O)O)C(F)(F)F)cc1O. The number of hydrogen-bond acceptors (Lipinski definition) is 5. The Labute approximate surface area is 125 Å². The fraction of sp³-hybridized carbons (Fsp3) is 0.364. The minimum Gasteiger partial charge on any atom is -0.508 e. The van der Waals surface area contributed by atoms with Gasteiger partial charge in [0.2, 0.25) is 6.10 Å². The van der Waals surface area contributed by atoms with E-state index in [1.165, 1.54) is 6.07 Å². The van der Waals surface area contributed by atoms with Gasteiger partial charge in [0.1, 0.15) is 11.5 Å². The lowest BCUT2D eigenvalue weighted by Gasteiger charge is -2.19. The van der Waals surface area contributed by atoms with E-state index >= 15 is 0 Å². The molecule has 1 unspecified atom stereocenters. The minimum absolute atomic E-state index is 0.0604. The van der Waals surface area contributed by atoms with E-state index in [4.69, 9.17) is 12.4 Å². The first kappa shape index (κ1) is 18.3. The third-order valence-electron chi connectivity index (χ3n) is 2.52. The molecule has 0 aliphatic carbocycles. The highest BCUT2D eigenvalue weighted by molar-refractivity contribution is 7.85. The Kier molecular flexibility index (Phi) is 5.47. The summed E-state index contributed by atoms with van der Waals surface area (Å²) in [5.41, 5.74) is -0.179. The number of aromatic hydroxyl groups is 1. The van der Waals surface area contributed by atoms with E-state index in [0.717, 1.165) is 12.1 Å². The summed E-state index contributed by atoms with van der Waals surface area (Å²) in [4.78, 5) is 11.6. The molecule has 0 fully saturated rings. The van der Waals surface area contributed by atoms with Gasteiger partial charge in [-0.1, -0.05) is 12.4 Å². The molecular formula is C11H10BF3O6S. The van der Waals surface area contributed by atoms with E-state index in [1.807, 2.05) is 0 Å². The quantitative estimate of drug-likeness (QED) is 0.473. The van der Waals surface area contributed by atoms with Crippen molar-refractivity contribution in [3.63, 3.8) is 0 Å². The van der Waals surface area contributed by atoms with Crippen molar-refractivity contribution in [3.05, 3.63) is 29.3 Å². The van der Waals surface area contributed by atoms with Crippen LogP contribution in [-0.2, 0) is 21.2 Å². The van der Waals surface area contributed by atoms with E-state index in [1.54, 1.807) is 0 Å². The summed E-state index contributed by atoms with van der Waals surface area (Å²) < 4.78 is 71.5. The molecule has 2 radical (unpaired) electrons. The number of phenols is 1. The maximum absolute atomic E-state index is 12.6. The van der Waals surface area contributed by atoms with Crippen LogP contribution < -0.4 is 0 Å². The molecule has 0 amide bonds. The molecule has 22 heavy (non-hydrogen) atoms. The highest BCUT2D eigenvalue weighted by Crippen LogP contribution is 2.26. The number of carbonyl (C=O) groups excluding carboxylic acids is 1. The van der Waals surface area contributed by atoms with Crippen LogP contribution in [0, 0.1) is 0 Å². The number of phenolic OH excluding ortho intramolecular Hbond substituents is 1. The van der Waals surface area contributed by atoms with Crippen LogP contribution in [0.5, 0.6) is 5.75 Å². The molecule has 120 valence electrons. The predicted molar refractivity (Wildman–Crippen MR) is 69.2 cm³/mol. The molecule has 0 aliphatic rings. The summed E-state index contributed by atoms with van der Waals surface area (Å²) in [5, 5.41) is 9.47. The predicted octanol–water partition coefficient (Wildman–Crippen LogP) is 1.04. The summed E-state index contributed by atoms with van der Waals surface area (Å²) in [6.45, 7) is 0. The topological polar surface area (TPSA) is 101 Å². The summed E-state index contributed by atoms with van der Waals surface area (Å²) >= 11 is 0. The standard InChI is InChI=1S/C11H10BF3O6S/c12-4-7-2-1-6(3-8(7)16)10(17)21-9(11(13,14)15)5-22(18,19)20/h1-3,9,16H,4-5H2,(H,18,19,20). The first-order valence-corrected chi connectivity index (χ1v) is 7.30. The monoisotopic (exact) mass is 338 g/mol. The fourth-order valence-electron chi connectivity index (χ4n) is 1.45. The molecule has 2 N–H and O–H groups in total. The lowest BCUT2D eigenvalue weighted by molar-refractivity contribution is -0.197. The Morgan fingerprint density at radius 1 is 1.36 bits per heavy atom. The van der Waals surface area contributed by atoms with Crippen LogP contribution in [-0.4, -0.2) is 49.9 Å². The Balaban J connectivity index is 2.98. The number of alkyl halides is 3. The Hall–Kier alpha value is -1.75. The second-order valence-corrected chi connectivity index (χ2v) is 5.73. The molecule has 1 rings (SSSR count). The third kappa shape index (κ3) is 5.22. The molecule has 1 aromatic carbocycles. The largest absolute Gasteiger partial charge is 0.508 e. The van der Waals surface area contributed by atoms with Gasteiger partial charge in [-0.3, -0.25) is 4.55 Å². The van der Waals surface area contributed by atoms with Crippen LogP contribution in [0.1, 0.15) is 15.9 Å². The lowest BCUT2D eigenvalue weighted by Crippen LogP contribution is -2.39. The number of esters is 1. The smallest absolute Gasteiger partial charge is 0.426 e. The number of halogens is 3. The fourth-order valence-corrected chi connectivity index (χ4v) is 2.09. The van der Waals surface area contributed by atoms with Gasteiger partial charge in [0.05, 0.1) is 13.4 Å². The molecular weight excluding hydrogens is 328 g/mol. The van der Waals surface area contributed by atoms with Gasteiger partial charge in [-0.25, -0.2) is 4.79 Å². The maximum atomic E-state index is 12.6. The zero-order valence-electron chi connectivity index (χ0n) is 10.9. The number of carbonyl (C=O) groups is 1. The number of hydrogen-bond donors (Lipinski definition) is 2. The van der Waals surface area contributed by atoms with Gasteiger partial charge in [-0.05, 0) is 17.7 Å². The van der Waals surface area contributed by atoms with Crippen molar-refractivity contribution in [1.29, 1.82) is 0 Å². The summed E-state index contributed by atoms with van der Waals surface area (Å²) in [6, 6.07) is 3.11. The molecule has 0 bridgehead atoms. The van der Waals surface area contributed by atoms with Gasteiger partial charge < -0.3 is 9.84 Å². The van der Waals surface area contributed by atoms with Crippen LogP contribution in [0.15, 0.2) is 18.2 Å². The highest BCUT2D eigenvalue weighted by Gasteiger charge is 2.45. The van der Waals surface area contributed by atoms with Gasteiger partial charge >= 0.3 is 12.1 Å². The average Bonchev–Trinajstić information content (AvgIpc) is 2.35. The van der Waals surface area contributed by atoms with Crippen LogP contribution in [0.2, 0.25) is 0 Å². The molecule has 0 saturated carbocycles. The maximum Gasteiger partial charge on any atom is 0.426 e. The number of rotatable bonds is 5. The second-order valence-electron chi connectivity index (χ2n) is 4.23. The van der Waals surface area contributed by atoms with E-state index in [9.17, 15) is 31.5 Å². The summed E-state index contributed by atoms with van der Waals surface area (Å²) in [7, 11) is 0.248. The van der Waals surface area contributed by atoms with Gasteiger partial charge in [-0.15, -0.1) is 0 Å². The van der Waals surface area contributed by atoms with Crippen molar-refractivity contribution in [1.82, 2.24) is 0 Å². The third-order valence-corrected chi connectivity index (χ3v) is 3.24. The summed E-state index contributed by atoms with van der Waals surface area (Å²) in [6.07, 6.45) is -8.29. The van der Waals surface area contributed by atoms with Gasteiger partial charge in [-0.2, -0.15) is 21.6 Å². The van der Waals surface area contributed by atoms with Crippen molar-refractivity contribution >= 4 is 23.9 Å². The molecule has 6 nitrogen and oxygen atoms in total. The second kappa shape index (κ2) is 6.57. The van der Waals surface area contributed by atoms with Crippen molar-refractivity contribution < 1.29 is 40.8 Å². The van der Waals surface area contributed by atoms with E-state index in [-0.39, 0.29) is 11.9 Å². The number of benzene rings is 1. The van der Waals surface area contributed by atoms with Crippen molar-refractivity contribution in [2.45, 2.75) is 18.6 Å². The Bertz CT molecular complexity index is 658. The van der Waals surface area contributed by atoms with Gasteiger partial charge in [0, 0.05) is 0 Å². The van der Waals surface area contributed by atoms with Crippen LogP contribution in [0.3, 0.4) is 0 Å². The molecule has 1 atom stereocenters. The van der Waals surface area contributed by atoms with E-state index < -0.39 is 45.4 Å². The van der Waals surface area contributed by atoms with Crippen molar-refractivity contribution in [2.24, 2.45) is 0 Å². The van der Waals surface area contributed by atoms with Crippen LogP contribution in [0.4, 0.5) is 13.2 Å². The van der Waals surface area contributed by atoms with Crippen molar-refractivity contribution in [3.8, 4) is 5.75 Å². The molecule has 0 spiro atoms. The molecule has 0 saturated heterocycles. The zero-order chi connectivity index (χ0) is 17.1. The molecule has 0 aromatic heterocycles. The molecule has 11 heteroatoms. The molecule has 0 aliphatic heterocycles. The highest BCUT2D eigenvalue weighted by atomic mass is 32.2. The van der Waals surface area contributed by atoms with Gasteiger partial charge in [0.25, 0.3) is 10.1 Å². The normalized spacial score (nSPS) is 13.6. The Morgan fingerprint density at radius 3 is 2.36 bits per heavy atom. The van der Waals surface area contributed by atoms with Crippen molar-refractivity contribution in [2.75, 3.05) is 5.75 Å². The summed E-state index contributed by atoms with van der Waals surface area (Å²) in [5.74, 6) is -3.75. The molecule has 0 heterocycles. The van der Waals surface area contributed by atoms with E-state index in [0.29, 0.717) is 0 Å². The van der Waals surface area contributed by atoms with Crippen LogP contribution in [0.25, 0.3) is 0 Å². The first-order valence-electron chi connectivity index (χ1n) is 5.69. The zero-order valence-corrected chi connectivity index (χ0v) is 11.7. The minimum atomic E-state index is -5.19. The first-order chi connectivity index (χ1) is 9.94. The van der Waals surface area contributed by atoms with Gasteiger partial charge in [0.15, 0.2) is 0 Å². The lowest BCUT2D eigenvalue weighted by atomic mass is 9.95. The molecule has 1 aromatic rings. The number of ether oxygens (including phenoxy) is 1. The van der Waals surface area contributed by atoms with Crippen LogP contribution >= 0.6 is 0 Å². The van der Waals surface area contributed by atoms with E-state index in [2.05, 4.69) is 4.74 Å². The Morgan fingerprint density at radius 2 is 1.95 bits per heavy atom.